The standard InChI is InChI=1S/C13H23NO2/c1-12(2)10(13(12,3)4)11(16)14-7-5-6-9(15)8-14/h9-10,15H,5-8H2,1-4H3. The zero-order valence-electron chi connectivity index (χ0n) is 10.8. The number of hydrogen-bond donors (Lipinski definition) is 1. The average Bonchev–Trinajstić information content (AvgIpc) is 2.56. The van der Waals surface area contributed by atoms with E-state index in [-0.39, 0.29) is 28.8 Å². The molecule has 0 aromatic carbocycles. The lowest BCUT2D eigenvalue weighted by atomic mass is 10.0. The minimum absolute atomic E-state index is 0.104. The van der Waals surface area contributed by atoms with Crippen molar-refractivity contribution in [3.63, 3.8) is 0 Å². The van der Waals surface area contributed by atoms with Crippen molar-refractivity contribution in [2.45, 2.75) is 46.6 Å². The van der Waals surface area contributed by atoms with E-state index in [2.05, 4.69) is 27.7 Å². The van der Waals surface area contributed by atoms with Gasteiger partial charge in [-0.05, 0) is 23.7 Å². The molecule has 2 aliphatic rings. The highest BCUT2D eigenvalue weighted by molar-refractivity contribution is 5.84. The molecular formula is C13H23NO2. The maximum Gasteiger partial charge on any atom is 0.226 e. The fraction of sp³-hybridized carbons (Fsp3) is 0.923. The predicted molar refractivity (Wildman–Crippen MR) is 62.9 cm³/mol. The summed E-state index contributed by atoms with van der Waals surface area (Å²) < 4.78 is 0. The normalized spacial score (nSPS) is 32.6. The largest absolute Gasteiger partial charge is 0.391 e. The van der Waals surface area contributed by atoms with Gasteiger partial charge in [0.2, 0.25) is 5.91 Å². The summed E-state index contributed by atoms with van der Waals surface area (Å²) in [6.45, 7) is 10.00. The van der Waals surface area contributed by atoms with Crippen LogP contribution in [0.1, 0.15) is 40.5 Å². The van der Waals surface area contributed by atoms with E-state index in [9.17, 15) is 9.90 Å². The van der Waals surface area contributed by atoms with E-state index in [1.807, 2.05) is 4.90 Å². The van der Waals surface area contributed by atoms with Crippen molar-refractivity contribution >= 4 is 5.91 Å². The number of carbonyl (C=O) groups excluding carboxylic acids is 1. The molecule has 3 nitrogen and oxygen atoms in total. The molecule has 92 valence electrons. The van der Waals surface area contributed by atoms with Crippen LogP contribution in [0.4, 0.5) is 0 Å². The summed E-state index contributed by atoms with van der Waals surface area (Å²) in [5.74, 6) is 0.374. The van der Waals surface area contributed by atoms with Crippen LogP contribution in [0.25, 0.3) is 0 Å². The predicted octanol–water partition coefficient (Wildman–Crippen LogP) is 1.65. The first-order valence-corrected chi connectivity index (χ1v) is 6.25. The molecule has 16 heavy (non-hydrogen) atoms. The maximum absolute atomic E-state index is 12.4. The molecule has 1 saturated carbocycles. The second-order valence-electron chi connectivity index (χ2n) is 6.46. The average molecular weight is 225 g/mol. The lowest BCUT2D eigenvalue weighted by Gasteiger charge is -2.30. The van der Waals surface area contributed by atoms with Crippen molar-refractivity contribution in [2.75, 3.05) is 13.1 Å². The molecule has 2 rings (SSSR count). The summed E-state index contributed by atoms with van der Waals surface area (Å²) in [5.41, 5.74) is 0.207. The monoisotopic (exact) mass is 225 g/mol. The first kappa shape index (κ1) is 11.9. The molecule has 1 amide bonds. The summed E-state index contributed by atoms with van der Waals surface area (Å²) in [6.07, 6.45) is 1.45. The number of β-amino-alcohol motifs (C(OH)–C–C–N with tert-alkyl or cyclic N) is 1. The van der Waals surface area contributed by atoms with Gasteiger partial charge in [0.25, 0.3) is 0 Å². The topological polar surface area (TPSA) is 40.5 Å². The SMILES string of the molecule is CC1(C)C(C(=O)N2CCCC(O)C2)C1(C)C. The van der Waals surface area contributed by atoms with Gasteiger partial charge in [-0.1, -0.05) is 27.7 Å². The van der Waals surface area contributed by atoms with Crippen LogP contribution in [0.3, 0.4) is 0 Å². The van der Waals surface area contributed by atoms with E-state index >= 15 is 0 Å². The molecule has 3 heteroatoms. The molecule has 2 fully saturated rings. The van der Waals surface area contributed by atoms with E-state index in [1.54, 1.807) is 0 Å². The molecule has 1 atom stereocenters. The summed E-state index contributed by atoms with van der Waals surface area (Å²) in [5, 5.41) is 9.60. The van der Waals surface area contributed by atoms with Crippen molar-refractivity contribution in [1.82, 2.24) is 4.90 Å². The van der Waals surface area contributed by atoms with Gasteiger partial charge in [-0.3, -0.25) is 4.79 Å². The Hall–Kier alpha value is -0.570. The zero-order valence-corrected chi connectivity index (χ0v) is 10.8. The number of hydrogen-bond acceptors (Lipinski definition) is 2. The third-order valence-electron chi connectivity index (χ3n) is 4.98. The molecule has 1 saturated heterocycles. The minimum atomic E-state index is -0.317. The van der Waals surface area contributed by atoms with Crippen LogP contribution >= 0.6 is 0 Å². The van der Waals surface area contributed by atoms with Crippen LogP contribution in [0.5, 0.6) is 0 Å². The van der Waals surface area contributed by atoms with E-state index in [1.165, 1.54) is 0 Å². The van der Waals surface area contributed by atoms with E-state index in [4.69, 9.17) is 0 Å². The first-order valence-electron chi connectivity index (χ1n) is 6.25. The number of carbonyl (C=O) groups is 1. The molecular weight excluding hydrogens is 202 g/mol. The van der Waals surface area contributed by atoms with Gasteiger partial charge in [-0.15, -0.1) is 0 Å². The molecule has 0 aromatic heterocycles. The maximum atomic E-state index is 12.4. The Morgan fingerprint density at radius 2 is 1.81 bits per heavy atom. The summed E-state index contributed by atoms with van der Waals surface area (Å²) >= 11 is 0. The fourth-order valence-corrected chi connectivity index (χ4v) is 3.15. The minimum Gasteiger partial charge on any atom is -0.391 e. The third-order valence-corrected chi connectivity index (χ3v) is 4.98. The highest BCUT2D eigenvalue weighted by atomic mass is 16.3. The molecule has 1 unspecified atom stereocenters. The van der Waals surface area contributed by atoms with Gasteiger partial charge in [0.05, 0.1) is 6.10 Å². The van der Waals surface area contributed by atoms with Crippen LogP contribution < -0.4 is 0 Å². The Morgan fingerprint density at radius 1 is 1.25 bits per heavy atom. The van der Waals surface area contributed by atoms with E-state index in [0.717, 1.165) is 19.4 Å². The van der Waals surface area contributed by atoms with Crippen LogP contribution in [-0.4, -0.2) is 35.1 Å². The van der Waals surface area contributed by atoms with Crippen molar-refractivity contribution in [1.29, 1.82) is 0 Å². The molecule has 1 aliphatic heterocycles. The fourth-order valence-electron chi connectivity index (χ4n) is 3.15. The van der Waals surface area contributed by atoms with Gasteiger partial charge < -0.3 is 10.0 Å². The van der Waals surface area contributed by atoms with Crippen LogP contribution in [0.2, 0.25) is 0 Å². The van der Waals surface area contributed by atoms with Gasteiger partial charge in [-0.25, -0.2) is 0 Å². The van der Waals surface area contributed by atoms with Crippen LogP contribution in [0, 0.1) is 16.7 Å². The van der Waals surface area contributed by atoms with Crippen LogP contribution in [-0.2, 0) is 4.79 Å². The molecule has 1 aliphatic carbocycles. The van der Waals surface area contributed by atoms with Gasteiger partial charge in [0.15, 0.2) is 0 Å². The molecule has 1 N–H and O–H groups in total. The molecule has 0 radical (unpaired) electrons. The third kappa shape index (κ3) is 1.56. The molecule has 0 bridgehead atoms. The summed E-state index contributed by atoms with van der Waals surface area (Å²) in [7, 11) is 0. The highest BCUT2D eigenvalue weighted by Crippen LogP contribution is 2.68. The number of nitrogens with zero attached hydrogens (tertiary/aromatic N) is 1. The number of aliphatic hydroxyl groups excluding tert-OH is 1. The van der Waals surface area contributed by atoms with Crippen molar-refractivity contribution < 1.29 is 9.90 Å². The second kappa shape index (κ2) is 3.46. The Balaban J connectivity index is 2.04. The van der Waals surface area contributed by atoms with Gasteiger partial charge >= 0.3 is 0 Å². The highest BCUT2D eigenvalue weighted by Gasteiger charge is 2.68. The number of likely N-dealkylation sites (tertiary alicyclic amines) is 1. The summed E-state index contributed by atoms with van der Waals surface area (Å²) in [4.78, 5) is 14.2. The van der Waals surface area contributed by atoms with Crippen molar-refractivity contribution in [3.8, 4) is 0 Å². The molecule has 0 spiro atoms. The Kier molecular flexibility index (Phi) is 2.57. The molecule has 0 aromatic rings. The summed E-state index contributed by atoms with van der Waals surface area (Å²) in [6, 6.07) is 0. The first-order chi connectivity index (χ1) is 7.28. The van der Waals surface area contributed by atoms with Gasteiger partial charge in [-0.2, -0.15) is 0 Å². The van der Waals surface area contributed by atoms with Gasteiger partial charge in [0, 0.05) is 19.0 Å². The Bertz CT molecular complexity index is 295. The number of aliphatic hydroxyl groups is 1. The Labute approximate surface area is 97.8 Å². The Morgan fingerprint density at radius 3 is 2.25 bits per heavy atom. The van der Waals surface area contributed by atoms with Crippen LogP contribution in [0.15, 0.2) is 0 Å². The van der Waals surface area contributed by atoms with E-state index in [0.29, 0.717) is 6.54 Å². The van der Waals surface area contributed by atoms with Crippen molar-refractivity contribution in [2.24, 2.45) is 16.7 Å². The van der Waals surface area contributed by atoms with Gasteiger partial charge in [0.1, 0.15) is 0 Å². The second-order valence-corrected chi connectivity index (χ2v) is 6.46. The molecule has 1 heterocycles. The van der Waals surface area contributed by atoms with E-state index < -0.39 is 0 Å². The van der Waals surface area contributed by atoms with Crippen molar-refractivity contribution in [3.05, 3.63) is 0 Å². The zero-order chi connectivity index (χ0) is 12.1. The number of rotatable bonds is 1. The lowest BCUT2D eigenvalue weighted by molar-refractivity contribution is -0.136. The number of piperidine rings is 1. The number of amides is 1. The lowest BCUT2D eigenvalue weighted by Crippen LogP contribution is -2.43. The smallest absolute Gasteiger partial charge is 0.226 e. The quantitative estimate of drug-likeness (QED) is 0.737.